The highest BCUT2D eigenvalue weighted by Crippen LogP contribution is 2.15. The first-order chi connectivity index (χ1) is 10.1. The van der Waals surface area contributed by atoms with Crippen LogP contribution >= 0.6 is 0 Å². The zero-order chi connectivity index (χ0) is 15.2. The fourth-order valence-corrected chi connectivity index (χ4v) is 1.71. The van der Waals surface area contributed by atoms with Crippen molar-refractivity contribution in [2.75, 3.05) is 17.2 Å². The molecule has 2 aromatic carbocycles. The van der Waals surface area contributed by atoms with Gasteiger partial charge in [-0.05, 0) is 36.4 Å². The first kappa shape index (κ1) is 14.5. The van der Waals surface area contributed by atoms with Gasteiger partial charge in [-0.2, -0.15) is 5.26 Å². The lowest BCUT2D eigenvalue weighted by molar-refractivity contribution is -0.114. The van der Waals surface area contributed by atoms with Crippen molar-refractivity contribution in [1.29, 1.82) is 5.26 Å². The molecule has 0 heterocycles. The molecule has 0 aliphatic heterocycles. The molecule has 0 aliphatic carbocycles. The molecule has 2 aromatic rings. The molecule has 0 fully saturated rings. The molecule has 1 amide bonds. The summed E-state index contributed by atoms with van der Waals surface area (Å²) >= 11 is 0. The summed E-state index contributed by atoms with van der Waals surface area (Å²) in [7, 11) is 0. The Labute approximate surface area is 120 Å². The maximum Gasteiger partial charge on any atom is 0.243 e. The van der Waals surface area contributed by atoms with E-state index in [1.54, 1.807) is 6.07 Å². The Kier molecular flexibility index (Phi) is 4.46. The van der Waals surface area contributed by atoms with Crippen LogP contribution in [0.3, 0.4) is 0 Å². The molecule has 0 atom stereocenters. The predicted octanol–water partition coefficient (Wildman–Crippen LogP) is 2.89. The van der Waals surface area contributed by atoms with Gasteiger partial charge in [0.2, 0.25) is 5.91 Å². The third-order valence-electron chi connectivity index (χ3n) is 2.65. The summed E-state index contributed by atoms with van der Waals surface area (Å²) < 4.78 is 25.9. The van der Waals surface area contributed by atoms with E-state index in [1.165, 1.54) is 30.3 Å². The molecule has 106 valence electrons. The van der Waals surface area contributed by atoms with Crippen LogP contribution in [0.5, 0.6) is 0 Å². The summed E-state index contributed by atoms with van der Waals surface area (Å²) in [5, 5.41) is 14.1. The van der Waals surface area contributed by atoms with Crippen LogP contribution in [0, 0.1) is 23.0 Å². The topological polar surface area (TPSA) is 64.9 Å². The van der Waals surface area contributed by atoms with E-state index in [-0.39, 0.29) is 12.1 Å². The fraction of sp³-hybridized carbons (Fsp3) is 0.0667. The molecule has 0 bridgehead atoms. The van der Waals surface area contributed by atoms with Gasteiger partial charge in [0.05, 0.1) is 17.8 Å². The minimum atomic E-state index is -0.527. The van der Waals surface area contributed by atoms with Crippen LogP contribution in [0.2, 0.25) is 0 Å². The second kappa shape index (κ2) is 6.48. The second-order valence-corrected chi connectivity index (χ2v) is 4.21. The van der Waals surface area contributed by atoms with Crippen LogP contribution in [-0.4, -0.2) is 12.5 Å². The van der Waals surface area contributed by atoms with E-state index in [2.05, 4.69) is 10.6 Å². The third kappa shape index (κ3) is 4.01. The van der Waals surface area contributed by atoms with E-state index >= 15 is 0 Å². The van der Waals surface area contributed by atoms with Crippen molar-refractivity contribution in [1.82, 2.24) is 0 Å². The number of hydrogen-bond donors (Lipinski definition) is 2. The lowest BCUT2D eigenvalue weighted by Gasteiger charge is -2.09. The van der Waals surface area contributed by atoms with Gasteiger partial charge in [-0.25, -0.2) is 8.78 Å². The molecule has 0 spiro atoms. The number of benzene rings is 2. The molecule has 4 nitrogen and oxygen atoms in total. The van der Waals surface area contributed by atoms with Crippen molar-refractivity contribution in [2.45, 2.75) is 0 Å². The Morgan fingerprint density at radius 1 is 1.14 bits per heavy atom. The molecule has 0 aliphatic rings. The van der Waals surface area contributed by atoms with Crippen LogP contribution in [-0.2, 0) is 4.79 Å². The van der Waals surface area contributed by atoms with Gasteiger partial charge in [-0.3, -0.25) is 4.79 Å². The second-order valence-electron chi connectivity index (χ2n) is 4.21. The van der Waals surface area contributed by atoms with Crippen molar-refractivity contribution < 1.29 is 13.6 Å². The van der Waals surface area contributed by atoms with Gasteiger partial charge in [0.15, 0.2) is 0 Å². The van der Waals surface area contributed by atoms with Gasteiger partial charge in [-0.1, -0.05) is 6.07 Å². The summed E-state index contributed by atoms with van der Waals surface area (Å²) in [5.74, 6) is -1.39. The minimum Gasteiger partial charge on any atom is -0.375 e. The van der Waals surface area contributed by atoms with Gasteiger partial charge >= 0.3 is 0 Å². The maximum atomic E-state index is 13.0. The number of anilines is 2. The quantitative estimate of drug-likeness (QED) is 0.908. The Balaban J connectivity index is 1.97. The molecule has 2 N–H and O–H groups in total. The summed E-state index contributed by atoms with van der Waals surface area (Å²) in [4.78, 5) is 11.7. The minimum absolute atomic E-state index is 0.105. The molecule has 0 unspecified atom stereocenters. The molecule has 0 saturated carbocycles. The van der Waals surface area contributed by atoms with Crippen molar-refractivity contribution >= 4 is 17.3 Å². The normalized spacial score (nSPS) is 9.76. The van der Waals surface area contributed by atoms with Gasteiger partial charge in [-0.15, -0.1) is 0 Å². The molecule has 2 rings (SSSR count). The SMILES string of the molecule is N#Cc1cc(F)ccc1NCC(=O)Nc1cccc(F)c1. The summed E-state index contributed by atoms with van der Waals surface area (Å²) in [6.07, 6.45) is 0. The number of amides is 1. The zero-order valence-electron chi connectivity index (χ0n) is 10.9. The van der Waals surface area contributed by atoms with Crippen LogP contribution in [0.1, 0.15) is 5.56 Å². The number of nitrogens with one attached hydrogen (secondary N) is 2. The summed E-state index contributed by atoms with van der Waals surface area (Å²) in [6.45, 7) is -0.128. The van der Waals surface area contributed by atoms with E-state index in [1.807, 2.05) is 6.07 Å². The molecule has 0 radical (unpaired) electrons. The molecule has 21 heavy (non-hydrogen) atoms. The average molecular weight is 287 g/mol. The molecule has 6 heteroatoms. The zero-order valence-corrected chi connectivity index (χ0v) is 10.9. The molecular formula is C15H11F2N3O. The highest BCUT2D eigenvalue weighted by Gasteiger charge is 2.07. The first-order valence-corrected chi connectivity index (χ1v) is 6.07. The first-order valence-electron chi connectivity index (χ1n) is 6.07. The predicted molar refractivity (Wildman–Crippen MR) is 74.6 cm³/mol. The number of carbonyl (C=O) groups excluding carboxylic acids is 1. The monoisotopic (exact) mass is 287 g/mol. The average Bonchev–Trinajstić information content (AvgIpc) is 2.45. The number of hydrogen-bond acceptors (Lipinski definition) is 3. The Hall–Kier alpha value is -2.94. The van der Waals surface area contributed by atoms with Gasteiger partial charge in [0.25, 0.3) is 0 Å². The van der Waals surface area contributed by atoms with Crippen LogP contribution in [0.15, 0.2) is 42.5 Å². The number of halogens is 2. The highest BCUT2D eigenvalue weighted by atomic mass is 19.1. The summed E-state index contributed by atoms with van der Waals surface area (Å²) in [5.41, 5.74) is 0.795. The van der Waals surface area contributed by atoms with E-state index < -0.39 is 17.5 Å². The standard InChI is InChI=1S/C15H11F2N3O/c16-11-2-1-3-13(7-11)20-15(21)9-19-14-5-4-12(17)6-10(14)8-18/h1-7,19H,9H2,(H,20,21). The Bertz CT molecular complexity index is 710. The number of nitriles is 1. The van der Waals surface area contributed by atoms with Gasteiger partial charge < -0.3 is 10.6 Å². The van der Waals surface area contributed by atoms with Crippen molar-refractivity contribution in [3.8, 4) is 6.07 Å². The fourth-order valence-electron chi connectivity index (χ4n) is 1.71. The molecule has 0 aromatic heterocycles. The van der Waals surface area contributed by atoms with E-state index in [4.69, 9.17) is 5.26 Å². The smallest absolute Gasteiger partial charge is 0.243 e. The van der Waals surface area contributed by atoms with Gasteiger partial charge in [0.1, 0.15) is 17.7 Å². The largest absolute Gasteiger partial charge is 0.375 e. The lowest BCUT2D eigenvalue weighted by atomic mass is 10.2. The Morgan fingerprint density at radius 2 is 1.90 bits per heavy atom. The highest BCUT2D eigenvalue weighted by molar-refractivity contribution is 5.93. The van der Waals surface area contributed by atoms with Crippen LogP contribution in [0.25, 0.3) is 0 Å². The number of carbonyl (C=O) groups is 1. The van der Waals surface area contributed by atoms with Crippen LogP contribution < -0.4 is 10.6 Å². The maximum absolute atomic E-state index is 13.0. The van der Waals surface area contributed by atoms with Crippen molar-refractivity contribution in [2.24, 2.45) is 0 Å². The number of rotatable bonds is 4. The third-order valence-corrected chi connectivity index (χ3v) is 2.65. The summed E-state index contributed by atoms with van der Waals surface area (Å²) in [6, 6.07) is 11.0. The Morgan fingerprint density at radius 3 is 2.62 bits per heavy atom. The molecule has 0 saturated heterocycles. The van der Waals surface area contributed by atoms with Crippen molar-refractivity contribution in [3.05, 3.63) is 59.7 Å². The van der Waals surface area contributed by atoms with E-state index in [0.29, 0.717) is 11.4 Å². The van der Waals surface area contributed by atoms with E-state index in [0.717, 1.165) is 6.07 Å². The van der Waals surface area contributed by atoms with Gasteiger partial charge in [0, 0.05) is 5.69 Å². The molecular weight excluding hydrogens is 276 g/mol. The van der Waals surface area contributed by atoms with Crippen LogP contribution in [0.4, 0.5) is 20.2 Å². The van der Waals surface area contributed by atoms with E-state index in [9.17, 15) is 13.6 Å². The number of nitrogens with zero attached hydrogens (tertiary/aromatic N) is 1. The van der Waals surface area contributed by atoms with Crippen molar-refractivity contribution in [3.63, 3.8) is 0 Å². The lowest BCUT2D eigenvalue weighted by Crippen LogP contribution is -2.22.